The van der Waals surface area contributed by atoms with Crippen LogP contribution in [0.4, 0.5) is 0 Å². The number of ether oxygens (including phenoxy) is 1. The van der Waals surface area contributed by atoms with E-state index in [0.717, 1.165) is 32.2 Å². The molecule has 2 N–H and O–H groups in total. The van der Waals surface area contributed by atoms with Crippen molar-refractivity contribution in [3.8, 4) is 0 Å². The van der Waals surface area contributed by atoms with E-state index in [1.165, 1.54) is 38.6 Å². The van der Waals surface area contributed by atoms with E-state index in [-0.39, 0.29) is 0 Å². The van der Waals surface area contributed by atoms with E-state index < -0.39 is 0 Å². The topological polar surface area (TPSA) is 33.3 Å². The quantitative estimate of drug-likeness (QED) is 0.671. The van der Waals surface area contributed by atoms with Crippen LogP contribution in [0.2, 0.25) is 0 Å². The second kappa shape index (κ2) is 6.46. The number of nitrogens with one attached hydrogen (secondary N) is 2. The second-order valence-electron chi connectivity index (χ2n) is 4.87. The minimum absolute atomic E-state index is 0.530. The molecule has 0 aromatic carbocycles. The van der Waals surface area contributed by atoms with E-state index in [4.69, 9.17) is 4.74 Å². The van der Waals surface area contributed by atoms with Crippen LogP contribution in [0.25, 0.3) is 0 Å². The zero-order valence-corrected chi connectivity index (χ0v) is 9.63. The van der Waals surface area contributed by atoms with E-state index in [2.05, 4.69) is 10.6 Å². The minimum Gasteiger partial charge on any atom is -0.378 e. The van der Waals surface area contributed by atoms with E-state index in [9.17, 15) is 0 Å². The lowest BCUT2D eigenvalue weighted by atomic mass is 10.0. The smallest absolute Gasteiger partial charge is 0.0632 e. The van der Waals surface area contributed by atoms with Crippen molar-refractivity contribution >= 4 is 0 Å². The lowest BCUT2D eigenvalue weighted by Gasteiger charge is -2.24. The molecule has 0 radical (unpaired) electrons. The molecule has 2 rings (SSSR count). The van der Waals surface area contributed by atoms with Gasteiger partial charge in [-0.1, -0.05) is 25.7 Å². The Morgan fingerprint density at radius 2 is 2.13 bits per heavy atom. The summed E-state index contributed by atoms with van der Waals surface area (Å²) >= 11 is 0. The Balaban J connectivity index is 1.47. The summed E-state index contributed by atoms with van der Waals surface area (Å²) in [5, 5.41) is 7.00. The van der Waals surface area contributed by atoms with Crippen LogP contribution in [0.15, 0.2) is 0 Å². The van der Waals surface area contributed by atoms with Crippen LogP contribution in [-0.4, -0.2) is 38.9 Å². The fourth-order valence-electron chi connectivity index (χ4n) is 2.63. The Morgan fingerprint density at radius 1 is 1.27 bits per heavy atom. The Bertz CT molecular complexity index is 163. The van der Waals surface area contributed by atoms with Crippen LogP contribution < -0.4 is 10.6 Å². The zero-order chi connectivity index (χ0) is 10.3. The van der Waals surface area contributed by atoms with Gasteiger partial charge in [0.15, 0.2) is 0 Å². The summed E-state index contributed by atoms with van der Waals surface area (Å²) in [7, 11) is 0. The molecule has 0 spiro atoms. The fourth-order valence-corrected chi connectivity index (χ4v) is 2.63. The van der Waals surface area contributed by atoms with Crippen LogP contribution in [-0.2, 0) is 4.74 Å². The van der Waals surface area contributed by atoms with Crippen molar-refractivity contribution in [3.63, 3.8) is 0 Å². The first-order valence-corrected chi connectivity index (χ1v) is 6.47. The molecule has 2 fully saturated rings. The average Bonchev–Trinajstić information content (AvgIpc) is 2.79. The molecular weight excluding hydrogens is 188 g/mol. The summed E-state index contributed by atoms with van der Waals surface area (Å²) in [4.78, 5) is 0. The highest BCUT2D eigenvalue weighted by atomic mass is 16.5. The Kier molecular flexibility index (Phi) is 4.90. The van der Waals surface area contributed by atoms with Crippen molar-refractivity contribution in [1.82, 2.24) is 10.6 Å². The van der Waals surface area contributed by atoms with Gasteiger partial charge < -0.3 is 15.4 Å². The van der Waals surface area contributed by atoms with Gasteiger partial charge in [-0.05, 0) is 18.9 Å². The van der Waals surface area contributed by atoms with E-state index in [1.54, 1.807) is 0 Å². The molecule has 1 atom stereocenters. The van der Waals surface area contributed by atoms with Crippen LogP contribution >= 0.6 is 0 Å². The Morgan fingerprint density at radius 3 is 2.87 bits per heavy atom. The summed E-state index contributed by atoms with van der Waals surface area (Å²) in [5.41, 5.74) is 0. The normalized spacial score (nSPS) is 28.4. The van der Waals surface area contributed by atoms with E-state index >= 15 is 0 Å². The minimum atomic E-state index is 0.530. The third-order valence-corrected chi connectivity index (χ3v) is 3.59. The standard InChI is InChI=1S/C12H24N2O/c1-2-4-11(3-1)5-6-13-9-12-10-15-8-7-14-12/h11-14H,1-10H2. The molecule has 0 amide bonds. The van der Waals surface area contributed by atoms with Gasteiger partial charge in [0, 0.05) is 19.1 Å². The summed E-state index contributed by atoms with van der Waals surface area (Å²) in [5.74, 6) is 1.01. The number of hydrogen-bond donors (Lipinski definition) is 2. The maximum Gasteiger partial charge on any atom is 0.0632 e. The van der Waals surface area contributed by atoms with Crippen LogP contribution in [0, 0.1) is 5.92 Å². The summed E-state index contributed by atoms with van der Waals surface area (Å²) in [6, 6.07) is 0.530. The van der Waals surface area contributed by atoms with Crippen molar-refractivity contribution in [2.75, 3.05) is 32.8 Å². The molecule has 15 heavy (non-hydrogen) atoms. The first-order valence-electron chi connectivity index (χ1n) is 6.47. The molecular formula is C12H24N2O. The molecule has 3 nitrogen and oxygen atoms in total. The largest absolute Gasteiger partial charge is 0.378 e. The molecule has 2 aliphatic rings. The number of morpholine rings is 1. The fraction of sp³-hybridized carbons (Fsp3) is 1.00. The monoisotopic (exact) mass is 212 g/mol. The third kappa shape index (κ3) is 4.09. The molecule has 88 valence electrons. The molecule has 0 aromatic rings. The van der Waals surface area contributed by atoms with Gasteiger partial charge in [-0.2, -0.15) is 0 Å². The number of hydrogen-bond acceptors (Lipinski definition) is 3. The highest BCUT2D eigenvalue weighted by molar-refractivity contribution is 4.73. The van der Waals surface area contributed by atoms with Gasteiger partial charge in [-0.25, -0.2) is 0 Å². The van der Waals surface area contributed by atoms with Crippen molar-refractivity contribution in [2.45, 2.75) is 38.1 Å². The van der Waals surface area contributed by atoms with E-state index in [1.807, 2.05) is 0 Å². The molecule has 3 heteroatoms. The predicted octanol–water partition coefficient (Wildman–Crippen LogP) is 1.14. The Labute approximate surface area is 93.0 Å². The lowest BCUT2D eigenvalue weighted by molar-refractivity contribution is 0.0767. The summed E-state index contributed by atoms with van der Waals surface area (Å²) < 4.78 is 5.41. The van der Waals surface area contributed by atoms with Crippen molar-refractivity contribution < 1.29 is 4.74 Å². The third-order valence-electron chi connectivity index (χ3n) is 3.59. The average molecular weight is 212 g/mol. The maximum absolute atomic E-state index is 5.41. The summed E-state index contributed by atoms with van der Waals surface area (Å²) in [6.45, 7) is 5.00. The molecule has 1 aliphatic carbocycles. The first-order chi connectivity index (χ1) is 7.45. The summed E-state index contributed by atoms with van der Waals surface area (Å²) in [6.07, 6.45) is 7.22. The maximum atomic E-state index is 5.41. The predicted molar refractivity (Wildman–Crippen MR) is 62.1 cm³/mol. The molecule has 1 unspecified atom stereocenters. The molecule has 1 saturated carbocycles. The van der Waals surface area contributed by atoms with Gasteiger partial charge in [0.2, 0.25) is 0 Å². The second-order valence-corrected chi connectivity index (χ2v) is 4.87. The molecule has 0 bridgehead atoms. The van der Waals surface area contributed by atoms with Gasteiger partial charge in [-0.15, -0.1) is 0 Å². The first kappa shape index (κ1) is 11.4. The SMILES string of the molecule is C1CCC(CCNCC2COCCN2)C1. The van der Waals surface area contributed by atoms with Gasteiger partial charge in [0.25, 0.3) is 0 Å². The highest BCUT2D eigenvalue weighted by Gasteiger charge is 2.15. The van der Waals surface area contributed by atoms with Crippen LogP contribution in [0.3, 0.4) is 0 Å². The molecule has 0 aromatic heterocycles. The van der Waals surface area contributed by atoms with E-state index in [0.29, 0.717) is 6.04 Å². The van der Waals surface area contributed by atoms with Crippen molar-refractivity contribution in [2.24, 2.45) is 5.92 Å². The Hall–Kier alpha value is -0.120. The van der Waals surface area contributed by atoms with Crippen molar-refractivity contribution in [1.29, 1.82) is 0 Å². The molecule has 1 saturated heterocycles. The van der Waals surface area contributed by atoms with Gasteiger partial charge >= 0.3 is 0 Å². The van der Waals surface area contributed by atoms with Crippen molar-refractivity contribution in [3.05, 3.63) is 0 Å². The number of rotatable bonds is 5. The van der Waals surface area contributed by atoms with Gasteiger partial charge in [0.1, 0.15) is 0 Å². The highest BCUT2D eigenvalue weighted by Crippen LogP contribution is 2.26. The van der Waals surface area contributed by atoms with Crippen LogP contribution in [0.1, 0.15) is 32.1 Å². The van der Waals surface area contributed by atoms with Gasteiger partial charge in [0.05, 0.1) is 13.2 Å². The zero-order valence-electron chi connectivity index (χ0n) is 9.63. The lowest BCUT2D eigenvalue weighted by Crippen LogP contribution is -2.47. The molecule has 1 aliphatic heterocycles. The molecule has 1 heterocycles. The van der Waals surface area contributed by atoms with Crippen LogP contribution in [0.5, 0.6) is 0 Å². The van der Waals surface area contributed by atoms with Gasteiger partial charge in [-0.3, -0.25) is 0 Å².